The van der Waals surface area contributed by atoms with Crippen molar-refractivity contribution in [1.29, 1.82) is 0 Å². The molecule has 1 saturated heterocycles. The molecular weight excluding hydrogens is 386 g/mol. The lowest BCUT2D eigenvalue weighted by Crippen LogP contribution is -2.41. The van der Waals surface area contributed by atoms with Crippen LogP contribution in [0.1, 0.15) is 6.42 Å². The summed E-state index contributed by atoms with van der Waals surface area (Å²) in [5, 5.41) is 5.01. The average Bonchev–Trinajstić information content (AvgIpc) is 3.27. The van der Waals surface area contributed by atoms with Crippen molar-refractivity contribution in [3.05, 3.63) is 66.7 Å². The molecule has 29 heavy (non-hydrogen) atoms. The predicted octanol–water partition coefficient (Wildman–Crippen LogP) is 3.06. The number of para-hydroxylation sites is 1. The third-order valence-corrected chi connectivity index (χ3v) is 7.45. The minimum Gasteiger partial charge on any atom is -0.380 e. The Bertz CT molecular complexity index is 1190. The standard InChI is InChI=1S/C22H21N3O3S/c26-21(24-13-12-18(14-24)23-17-8-2-1-3-9-17)15-25-19-10-4-6-16-7-5-11-20(22(16)19)29(25,27)28/h1-11,18,23H,12-15H2. The van der Waals surface area contributed by atoms with Crippen molar-refractivity contribution in [3.8, 4) is 0 Å². The highest BCUT2D eigenvalue weighted by molar-refractivity contribution is 7.93. The van der Waals surface area contributed by atoms with Crippen LogP contribution in [-0.2, 0) is 14.8 Å². The Morgan fingerprint density at radius 2 is 1.76 bits per heavy atom. The number of benzene rings is 3. The monoisotopic (exact) mass is 407 g/mol. The molecule has 1 amide bonds. The lowest BCUT2D eigenvalue weighted by Gasteiger charge is -2.23. The summed E-state index contributed by atoms with van der Waals surface area (Å²) in [6.45, 7) is 1.02. The van der Waals surface area contributed by atoms with Crippen molar-refractivity contribution in [3.63, 3.8) is 0 Å². The first-order valence-corrected chi connectivity index (χ1v) is 11.1. The fourth-order valence-corrected chi connectivity index (χ4v) is 5.89. The molecule has 2 aliphatic heterocycles. The summed E-state index contributed by atoms with van der Waals surface area (Å²) in [6, 6.07) is 20.8. The minimum atomic E-state index is -3.71. The van der Waals surface area contributed by atoms with Gasteiger partial charge in [-0.1, -0.05) is 42.5 Å². The molecule has 0 aliphatic carbocycles. The number of carbonyl (C=O) groups is 1. The number of amides is 1. The predicted molar refractivity (Wildman–Crippen MR) is 114 cm³/mol. The fraction of sp³-hybridized carbons (Fsp3) is 0.227. The Labute approximate surface area is 169 Å². The molecule has 2 aliphatic rings. The lowest BCUT2D eigenvalue weighted by molar-refractivity contribution is -0.128. The van der Waals surface area contributed by atoms with Crippen LogP contribution in [0.15, 0.2) is 71.6 Å². The molecule has 0 saturated carbocycles. The third-order valence-electron chi connectivity index (χ3n) is 5.65. The van der Waals surface area contributed by atoms with Crippen LogP contribution >= 0.6 is 0 Å². The van der Waals surface area contributed by atoms with Gasteiger partial charge < -0.3 is 10.2 Å². The Morgan fingerprint density at radius 3 is 2.55 bits per heavy atom. The van der Waals surface area contributed by atoms with Crippen LogP contribution in [-0.4, -0.2) is 44.9 Å². The quantitative estimate of drug-likeness (QED) is 0.722. The van der Waals surface area contributed by atoms with Gasteiger partial charge in [-0.15, -0.1) is 0 Å². The van der Waals surface area contributed by atoms with E-state index >= 15 is 0 Å². The lowest BCUT2D eigenvalue weighted by atomic mass is 10.1. The second-order valence-electron chi connectivity index (χ2n) is 7.48. The van der Waals surface area contributed by atoms with Gasteiger partial charge in [0.15, 0.2) is 0 Å². The highest BCUT2D eigenvalue weighted by atomic mass is 32.2. The summed E-state index contributed by atoms with van der Waals surface area (Å²) in [5.74, 6) is -0.171. The molecule has 1 N–H and O–H groups in total. The Balaban J connectivity index is 1.34. The van der Waals surface area contributed by atoms with Gasteiger partial charge in [-0.25, -0.2) is 8.42 Å². The Morgan fingerprint density at radius 1 is 1.00 bits per heavy atom. The molecule has 2 heterocycles. The van der Waals surface area contributed by atoms with Crippen molar-refractivity contribution in [2.75, 3.05) is 29.3 Å². The van der Waals surface area contributed by atoms with E-state index in [1.54, 1.807) is 23.1 Å². The zero-order chi connectivity index (χ0) is 20.0. The Kier molecular flexibility index (Phi) is 4.20. The number of anilines is 2. The van der Waals surface area contributed by atoms with Crippen molar-refractivity contribution in [2.24, 2.45) is 0 Å². The molecule has 148 valence electrons. The van der Waals surface area contributed by atoms with Gasteiger partial charge >= 0.3 is 0 Å². The van der Waals surface area contributed by atoms with E-state index in [0.29, 0.717) is 24.2 Å². The van der Waals surface area contributed by atoms with Gasteiger partial charge in [-0.3, -0.25) is 9.10 Å². The number of rotatable bonds is 4. The van der Waals surface area contributed by atoms with Gasteiger partial charge in [0.1, 0.15) is 6.54 Å². The van der Waals surface area contributed by atoms with E-state index in [1.165, 1.54) is 4.31 Å². The number of nitrogens with one attached hydrogen (secondary N) is 1. The zero-order valence-corrected chi connectivity index (χ0v) is 16.6. The maximum atomic E-state index is 13.1. The smallest absolute Gasteiger partial charge is 0.265 e. The summed E-state index contributed by atoms with van der Waals surface area (Å²) >= 11 is 0. The average molecular weight is 407 g/mol. The highest BCUT2D eigenvalue weighted by Crippen LogP contribution is 2.41. The van der Waals surface area contributed by atoms with Crippen molar-refractivity contribution >= 4 is 38.1 Å². The first-order chi connectivity index (χ1) is 14.0. The maximum Gasteiger partial charge on any atom is 0.265 e. The SMILES string of the molecule is O=C(CN1c2cccc3cccc(c23)S1(=O)=O)N1CCC(Nc2ccccc2)C1. The summed E-state index contributed by atoms with van der Waals surface area (Å²) in [4.78, 5) is 15.0. The first kappa shape index (κ1) is 18.0. The molecule has 1 unspecified atom stereocenters. The molecule has 0 bridgehead atoms. The van der Waals surface area contributed by atoms with Crippen LogP contribution in [0.4, 0.5) is 11.4 Å². The molecule has 0 aromatic heterocycles. The van der Waals surface area contributed by atoms with Crippen LogP contribution in [0.3, 0.4) is 0 Å². The maximum absolute atomic E-state index is 13.1. The van der Waals surface area contributed by atoms with Crippen LogP contribution in [0.5, 0.6) is 0 Å². The van der Waals surface area contributed by atoms with Crippen molar-refractivity contribution < 1.29 is 13.2 Å². The number of nitrogens with zero attached hydrogens (tertiary/aromatic N) is 2. The molecule has 7 heteroatoms. The number of likely N-dealkylation sites (tertiary alicyclic amines) is 1. The van der Waals surface area contributed by atoms with E-state index < -0.39 is 10.0 Å². The molecule has 1 fully saturated rings. The van der Waals surface area contributed by atoms with E-state index in [1.807, 2.05) is 48.5 Å². The van der Waals surface area contributed by atoms with Gasteiger partial charge in [0.05, 0.1) is 10.6 Å². The van der Waals surface area contributed by atoms with E-state index in [4.69, 9.17) is 0 Å². The molecule has 3 aromatic rings. The molecular formula is C22H21N3O3S. The number of sulfonamides is 1. The van der Waals surface area contributed by atoms with Crippen LogP contribution in [0.25, 0.3) is 10.8 Å². The van der Waals surface area contributed by atoms with Gasteiger partial charge in [0, 0.05) is 30.2 Å². The van der Waals surface area contributed by atoms with Crippen LogP contribution < -0.4 is 9.62 Å². The summed E-state index contributed by atoms with van der Waals surface area (Å²) in [7, 11) is -3.71. The second kappa shape index (κ2) is 6.77. The van der Waals surface area contributed by atoms with Gasteiger partial charge in [-0.05, 0) is 36.1 Å². The Hall–Kier alpha value is -3.06. The van der Waals surface area contributed by atoms with E-state index in [0.717, 1.165) is 17.5 Å². The largest absolute Gasteiger partial charge is 0.380 e. The van der Waals surface area contributed by atoms with Crippen molar-refractivity contribution in [1.82, 2.24) is 4.90 Å². The summed E-state index contributed by atoms with van der Waals surface area (Å²) in [5.41, 5.74) is 1.61. The molecule has 3 aromatic carbocycles. The van der Waals surface area contributed by atoms with E-state index in [9.17, 15) is 13.2 Å². The fourth-order valence-electron chi connectivity index (χ4n) is 4.23. The summed E-state index contributed by atoms with van der Waals surface area (Å²) < 4.78 is 27.4. The highest BCUT2D eigenvalue weighted by Gasteiger charge is 2.38. The minimum absolute atomic E-state index is 0.164. The van der Waals surface area contributed by atoms with Gasteiger partial charge in [0.25, 0.3) is 10.0 Å². The third kappa shape index (κ3) is 3.02. The van der Waals surface area contributed by atoms with Crippen LogP contribution in [0, 0.1) is 0 Å². The normalized spacial score (nSPS) is 19.7. The van der Waals surface area contributed by atoms with Gasteiger partial charge in [-0.2, -0.15) is 0 Å². The number of carbonyl (C=O) groups excluding carboxylic acids is 1. The molecule has 6 nitrogen and oxygen atoms in total. The number of hydrogen-bond donors (Lipinski definition) is 1. The first-order valence-electron chi connectivity index (χ1n) is 9.68. The molecule has 5 rings (SSSR count). The topological polar surface area (TPSA) is 69.7 Å². The van der Waals surface area contributed by atoms with E-state index in [-0.39, 0.29) is 23.4 Å². The van der Waals surface area contributed by atoms with E-state index in [2.05, 4.69) is 5.32 Å². The molecule has 0 spiro atoms. The second-order valence-corrected chi connectivity index (χ2v) is 9.31. The summed E-state index contributed by atoms with van der Waals surface area (Å²) in [6.07, 6.45) is 0.837. The molecule has 0 radical (unpaired) electrons. The van der Waals surface area contributed by atoms with Crippen molar-refractivity contribution in [2.45, 2.75) is 17.4 Å². The van der Waals surface area contributed by atoms with Gasteiger partial charge in [0.2, 0.25) is 5.91 Å². The molecule has 1 atom stereocenters. The zero-order valence-electron chi connectivity index (χ0n) is 15.8. The van der Waals surface area contributed by atoms with Crippen LogP contribution in [0.2, 0.25) is 0 Å². The number of hydrogen-bond acceptors (Lipinski definition) is 4.